The van der Waals surface area contributed by atoms with Gasteiger partial charge in [0.15, 0.2) is 5.60 Å². The van der Waals surface area contributed by atoms with Crippen molar-refractivity contribution in [3.05, 3.63) is 76.9 Å². The smallest absolute Gasteiger partial charge is 0.338 e. The van der Waals surface area contributed by atoms with Crippen LogP contribution in [0.5, 0.6) is 5.75 Å². The van der Waals surface area contributed by atoms with Crippen molar-refractivity contribution in [3.63, 3.8) is 0 Å². The third-order valence-electron chi connectivity index (χ3n) is 6.00. The van der Waals surface area contributed by atoms with Gasteiger partial charge >= 0.3 is 17.9 Å². The monoisotopic (exact) mass is 500 g/mol. The Morgan fingerprint density at radius 2 is 1.58 bits per heavy atom. The summed E-state index contributed by atoms with van der Waals surface area (Å²) < 4.78 is 10.6. The van der Waals surface area contributed by atoms with Crippen LogP contribution in [0.2, 0.25) is 0 Å². The highest BCUT2D eigenvalue weighted by Gasteiger charge is 2.52. The van der Waals surface area contributed by atoms with Gasteiger partial charge in [0.25, 0.3) is 0 Å². The first kappa shape index (κ1) is 26.9. The van der Waals surface area contributed by atoms with Crippen molar-refractivity contribution < 1.29 is 49.4 Å². The van der Waals surface area contributed by atoms with Crippen molar-refractivity contribution in [1.29, 1.82) is 0 Å². The van der Waals surface area contributed by atoms with Crippen molar-refractivity contribution >= 4 is 17.9 Å². The highest BCUT2D eigenvalue weighted by Crippen LogP contribution is 2.34. The lowest BCUT2D eigenvalue weighted by atomic mass is 9.79. The summed E-state index contributed by atoms with van der Waals surface area (Å²) in [6.45, 7) is 1.54. The van der Waals surface area contributed by atoms with Crippen LogP contribution in [0.4, 0.5) is 0 Å². The number of allylic oxidation sites excluding steroid dienone is 1. The maximum Gasteiger partial charge on any atom is 0.338 e. The van der Waals surface area contributed by atoms with E-state index in [0.29, 0.717) is 11.1 Å². The van der Waals surface area contributed by atoms with Gasteiger partial charge in [-0.15, -0.1) is 0 Å². The molecular weight excluding hydrogens is 472 g/mol. The molecule has 1 fully saturated rings. The van der Waals surface area contributed by atoms with Gasteiger partial charge in [-0.2, -0.15) is 0 Å². The van der Waals surface area contributed by atoms with Crippen molar-refractivity contribution in [2.45, 2.75) is 50.1 Å². The van der Waals surface area contributed by atoms with Gasteiger partial charge in [-0.1, -0.05) is 29.8 Å². The van der Waals surface area contributed by atoms with E-state index in [1.807, 2.05) is 0 Å². The number of carbonyl (C=O) groups excluding carboxylic acids is 2. The number of phenolic OH excluding ortho intramolecular Hbond substituents is 1. The van der Waals surface area contributed by atoms with Crippen LogP contribution in [0.1, 0.15) is 46.0 Å². The average molecular weight is 501 g/mol. The van der Waals surface area contributed by atoms with E-state index < -0.39 is 54.7 Å². The van der Waals surface area contributed by atoms with Crippen molar-refractivity contribution in [2.75, 3.05) is 6.61 Å². The number of hydrogen-bond donors (Lipinski definition) is 5. The topological polar surface area (TPSA) is 171 Å². The molecule has 2 aromatic rings. The molecule has 5 N–H and O–H groups in total. The van der Waals surface area contributed by atoms with E-state index >= 15 is 0 Å². The van der Waals surface area contributed by atoms with Crippen LogP contribution in [0.15, 0.2) is 60.2 Å². The van der Waals surface area contributed by atoms with Gasteiger partial charge in [0.05, 0.1) is 17.7 Å². The fourth-order valence-corrected chi connectivity index (χ4v) is 3.84. The first-order chi connectivity index (χ1) is 17.0. The van der Waals surface area contributed by atoms with Crippen LogP contribution < -0.4 is 0 Å². The van der Waals surface area contributed by atoms with Crippen LogP contribution >= 0.6 is 0 Å². The summed E-state index contributed by atoms with van der Waals surface area (Å²) in [7, 11) is 0. The van der Waals surface area contributed by atoms with Crippen LogP contribution in [0, 0.1) is 0 Å². The van der Waals surface area contributed by atoms with Crippen LogP contribution in [0.25, 0.3) is 0 Å². The number of benzene rings is 2. The lowest BCUT2D eigenvalue weighted by Gasteiger charge is -2.40. The quantitative estimate of drug-likeness (QED) is 0.265. The molecular formula is C26H28O10. The number of aliphatic hydroxyl groups is 3. The Morgan fingerprint density at radius 3 is 2.14 bits per heavy atom. The molecule has 0 bridgehead atoms. The summed E-state index contributed by atoms with van der Waals surface area (Å²) in [5, 5.41) is 50.2. The molecule has 36 heavy (non-hydrogen) atoms. The standard InChI is InChI=1S/C26H28O10/c1-15(14-27)7-8-17-11-18(9-10-19(17)28)24(31)36-21-13-26(34,25(32)33)12-20(22(21)29)35-23(30)16-5-3-2-4-6-16/h2-7,9-11,20-22,27-29,34H,8,12-14H2,1H3,(H,32,33). The van der Waals surface area contributed by atoms with E-state index in [0.717, 1.165) is 0 Å². The largest absolute Gasteiger partial charge is 0.508 e. The molecule has 0 saturated heterocycles. The minimum absolute atomic E-state index is 0.00678. The van der Waals surface area contributed by atoms with Gasteiger partial charge in [0, 0.05) is 12.8 Å². The van der Waals surface area contributed by atoms with Crippen molar-refractivity contribution in [3.8, 4) is 5.75 Å². The third-order valence-corrected chi connectivity index (χ3v) is 6.00. The maximum atomic E-state index is 12.8. The van der Waals surface area contributed by atoms with Crippen molar-refractivity contribution in [1.82, 2.24) is 0 Å². The number of aliphatic carboxylic acids is 1. The van der Waals surface area contributed by atoms with Crippen LogP contribution in [0.3, 0.4) is 0 Å². The van der Waals surface area contributed by atoms with E-state index in [-0.39, 0.29) is 29.9 Å². The Kier molecular flexibility index (Phi) is 8.46. The molecule has 10 nitrogen and oxygen atoms in total. The minimum Gasteiger partial charge on any atom is -0.508 e. The number of ether oxygens (including phenoxy) is 2. The summed E-state index contributed by atoms with van der Waals surface area (Å²) in [5.41, 5.74) is -1.22. The first-order valence-corrected chi connectivity index (χ1v) is 11.2. The molecule has 0 heterocycles. The molecule has 3 rings (SSSR count). The highest BCUT2D eigenvalue weighted by atomic mass is 16.6. The molecule has 1 aliphatic rings. The molecule has 0 radical (unpaired) electrons. The molecule has 0 spiro atoms. The summed E-state index contributed by atoms with van der Waals surface area (Å²) in [5.74, 6) is -3.48. The number of carboxylic acids is 1. The Labute approximate surface area is 207 Å². The van der Waals surface area contributed by atoms with E-state index in [2.05, 4.69) is 0 Å². The number of carboxylic acid groups (broad SMARTS) is 1. The number of carbonyl (C=O) groups is 3. The average Bonchev–Trinajstić information content (AvgIpc) is 2.86. The maximum absolute atomic E-state index is 12.8. The number of phenols is 1. The van der Waals surface area contributed by atoms with Gasteiger partial charge in [0.2, 0.25) is 0 Å². The molecule has 2 aromatic carbocycles. The Bertz CT molecular complexity index is 1140. The second kappa shape index (κ2) is 11.3. The number of hydrogen-bond acceptors (Lipinski definition) is 9. The fourth-order valence-electron chi connectivity index (χ4n) is 3.84. The lowest BCUT2D eigenvalue weighted by Crippen LogP contribution is -2.58. The van der Waals surface area contributed by atoms with E-state index in [1.165, 1.54) is 30.3 Å². The lowest BCUT2D eigenvalue weighted by molar-refractivity contribution is -0.187. The molecule has 10 heteroatoms. The molecule has 0 aliphatic heterocycles. The fraction of sp³-hybridized carbons (Fsp3) is 0.346. The molecule has 0 aromatic heterocycles. The number of aliphatic hydroxyl groups excluding tert-OH is 2. The van der Waals surface area contributed by atoms with Gasteiger partial charge in [-0.25, -0.2) is 14.4 Å². The number of rotatable bonds is 8. The summed E-state index contributed by atoms with van der Waals surface area (Å²) in [6.07, 6.45) is -3.90. The molecule has 4 unspecified atom stereocenters. The molecule has 4 atom stereocenters. The molecule has 1 aliphatic carbocycles. The predicted molar refractivity (Wildman–Crippen MR) is 125 cm³/mol. The second-order valence-electron chi connectivity index (χ2n) is 8.75. The van der Waals surface area contributed by atoms with Crippen molar-refractivity contribution in [2.24, 2.45) is 0 Å². The highest BCUT2D eigenvalue weighted by molar-refractivity contribution is 5.90. The third kappa shape index (κ3) is 6.28. The van der Waals surface area contributed by atoms with Gasteiger partial charge in [-0.3, -0.25) is 0 Å². The number of aromatic hydroxyl groups is 1. The predicted octanol–water partition coefficient (Wildman–Crippen LogP) is 1.59. The van der Waals surface area contributed by atoms with E-state index in [9.17, 15) is 34.8 Å². The first-order valence-electron chi connectivity index (χ1n) is 11.2. The van der Waals surface area contributed by atoms with E-state index in [4.69, 9.17) is 14.6 Å². The second-order valence-corrected chi connectivity index (χ2v) is 8.75. The molecule has 1 saturated carbocycles. The Balaban J connectivity index is 1.80. The summed E-state index contributed by atoms with van der Waals surface area (Å²) >= 11 is 0. The molecule has 192 valence electrons. The van der Waals surface area contributed by atoms with E-state index in [1.54, 1.807) is 31.2 Å². The SMILES string of the molecule is CC(=CCc1cc(C(=O)OC2CC(O)(C(=O)O)CC(OC(=O)c3ccccc3)C2O)ccc1O)CO. The van der Waals surface area contributed by atoms with Crippen LogP contribution in [-0.4, -0.2) is 74.0 Å². The zero-order valence-corrected chi connectivity index (χ0v) is 19.5. The zero-order valence-electron chi connectivity index (χ0n) is 19.5. The Morgan fingerprint density at radius 1 is 1.00 bits per heavy atom. The number of esters is 2. The summed E-state index contributed by atoms with van der Waals surface area (Å²) in [4.78, 5) is 37.1. The van der Waals surface area contributed by atoms with Crippen LogP contribution in [-0.2, 0) is 20.7 Å². The zero-order chi connectivity index (χ0) is 26.5. The Hall–Kier alpha value is -3.73. The molecule has 0 amide bonds. The summed E-state index contributed by atoms with van der Waals surface area (Å²) in [6, 6.07) is 11.8. The van der Waals surface area contributed by atoms with Gasteiger partial charge in [0.1, 0.15) is 24.1 Å². The van der Waals surface area contributed by atoms with Gasteiger partial charge < -0.3 is 35.0 Å². The van der Waals surface area contributed by atoms with Gasteiger partial charge in [-0.05, 0) is 49.2 Å². The minimum atomic E-state index is -2.42. The normalized spacial score (nSPS) is 24.1.